The highest BCUT2D eigenvalue weighted by atomic mass is 19.1. The first-order chi connectivity index (χ1) is 7.17. The summed E-state index contributed by atoms with van der Waals surface area (Å²) in [5, 5.41) is 17.3. The van der Waals surface area contributed by atoms with Crippen LogP contribution in [0, 0.1) is 28.5 Å². The van der Waals surface area contributed by atoms with E-state index in [2.05, 4.69) is 0 Å². The highest BCUT2D eigenvalue weighted by Gasteiger charge is 2.06. The molecule has 0 saturated carbocycles. The molecular weight excluding hydrogens is 193 g/mol. The molecule has 0 atom stereocenters. The Morgan fingerprint density at radius 1 is 1.40 bits per heavy atom. The standard InChI is InChI=1S/C11H10FN3/c1-15(5-4-13)8-10-6-11(12)3-2-9(10)7-14/h2-3,6H,5,8H2,1H3. The van der Waals surface area contributed by atoms with Crippen LogP contribution in [0.3, 0.4) is 0 Å². The van der Waals surface area contributed by atoms with Gasteiger partial charge in [-0.15, -0.1) is 0 Å². The summed E-state index contributed by atoms with van der Waals surface area (Å²) in [5.74, 6) is -0.366. The van der Waals surface area contributed by atoms with Gasteiger partial charge in [-0.05, 0) is 30.8 Å². The second-order valence-electron chi connectivity index (χ2n) is 3.24. The number of rotatable bonds is 3. The van der Waals surface area contributed by atoms with E-state index in [0.29, 0.717) is 17.7 Å². The van der Waals surface area contributed by atoms with Crippen LogP contribution < -0.4 is 0 Å². The van der Waals surface area contributed by atoms with Crippen molar-refractivity contribution in [3.05, 3.63) is 35.1 Å². The SMILES string of the molecule is CN(CC#N)Cc1cc(F)ccc1C#N. The van der Waals surface area contributed by atoms with E-state index in [1.807, 2.05) is 12.1 Å². The van der Waals surface area contributed by atoms with Crippen molar-refractivity contribution in [3.63, 3.8) is 0 Å². The second kappa shape index (κ2) is 5.09. The predicted molar refractivity (Wildman–Crippen MR) is 53.1 cm³/mol. The Balaban J connectivity index is 2.89. The summed E-state index contributed by atoms with van der Waals surface area (Å²) in [6.45, 7) is 0.648. The molecular formula is C11H10FN3. The van der Waals surface area contributed by atoms with E-state index < -0.39 is 0 Å². The Bertz CT molecular complexity index is 428. The molecule has 0 fully saturated rings. The van der Waals surface area contributed by atoms with Crippen molar-refractivity contribution in [3.8, 4) is 12.1 Å². The summed E-state index contributed by atoms with van der Waals surface area (Å²) >= 11 is 0. The maximum atomic E-state index is 12.9. The molecule has 0 spiro atoms. The summed E-state index contributed by atoms with van der Waals surface area (Å²) < 4.78 is 12.9. The minimum absolute atomic E-state index is 0.251. The molecule has 15 heavy (non-hydrogen) atoms. The number of hydrogen-bond acceptors (Lipinski definition) is 3. The first-order valence-electron chi connectivity index (χ1n) is 4.41. The van der Waals surface area contributed by atoms with Gasteiger partial charge < -0.3 is 0 Å². The third kappa shape index (κ3) is 3.05. The number of nitrogens with zero attached hydrogens (tertiary/aromatic N) is 3. The molecule has 4 heteroatoms. The molecule has 1 aromatic carbocycles. The molecule has 0 radical (unpaired) electrons. The topological polar surface area (TPSA) is 50.8 Å². The van der Waals surface area contributed by atoms with E-state index in [4.69, 9.17) is 10.5 Å². The second-order valence-corrected chi connectivity index (χ2v) is 3.24. The smallest absolute Gasteiger partial charge is 0.123 e. The van der Waals surface area contributed by atoms with Gasteiger partial charge >= 0.3 is 0 Å². The zero-order chi connectivity index (χ0) is 11.3. The minimum atomic E-state index is -0.366. The number of halogens is 1. The van der Waals surface area contributed by atoms with Crippen LogP contribution in [0.2, 0.25) is 0 Å². The Labute approximate surface area is 88.0 Å². The summed E-state index contributed by atoms with van der Waals surface area (Å²) in [4.78, 5) is 1.72. The fraction of sp³-hybridized carbons (Fsp3) is 0.273. The number of benzene rings is 1. The van der Waals surface area contributed by atoms with Crippen molar-refractivity contribution >= 4 is 0 Å². The Morgan fingerprint density at radius 3 is 2.73 bits per heavy atom. The van der Waals surface area contributed by atoms with Crippen molar-refractivity contribution in [1.29, 1.82) is 10.5 Å². The molecule has 0 heterocycles. The molecule has 0 aromatic heterocycles. The lowest BCUT2D eigenvalue weighted by atomic mass is 10.1. The first kappa shape index (κ1) is 11.2. The van der Waals surface area contributed by atoms with Gasteiger partial charge in [0.15, 0.2) is 0 Å². The van der Waals surface area contributed by atoms with Crippen molar-refractivity contribution in [2.24, 2.45) is 0 Å². The maximum absolute atomic E-state index is 12.9. The van der Waals surface area contributed by atoms with Crippen LogP contribution >= 0.6 is 0 Å². The molecule has 0 N–H and O–H groups in total. The fourth-order valence-electron chi connectivity index (χ4n) is 1.27. The third-order valence-corrected chi connectivity index (χ3v) is 1.97. The summed E-state index contributed by atoms with van der Waals surface area (Å²) in [6, 6.07) is 8.01. The highest BCUT2D eigenvalue weighted by molar-refractivity contribution is 5.37. The zero-order valence-corrected chi connectivity index (χ0v) is 8.37. The van der Waals surface area contributed by atoms with Gasteiger partial charge in [0.25, 0.3) is 0 Å². The van der Waals surface area contributed by atoms with Crippen molar-refractivity contribution in [1.82, 2.24) is 4.90 Å². The molecule has 3 nitrogen and oxygen atoms in total. The molecule has 0 amide bonds. The van der Waals surface area contributed by atoms with Gasteiger partial charge in [-0.3, -0.25) is 4.90 Å². The zero-order valence-electron chi connectivity index (χ0n) is 8.37. The number of nitriles is 2. The molecule has 1 aromatic rings. The molecule has 0 saturated heterocycles. The van der Waals surface area contributed by atoms with E-state index in [-0.39, 0.29) is 12.4 Å². The molecule has 1 rings (SSSR count). The van der Waals surface area contributed by atoms with Crippen molar-refractivity contribution < 1.29 is 4.39 Å². The van der Waals surface area contributed by atoms with Gasteiger partial charge in [0.1, 0.15) is 5.82 Å². The molecule has 0 aliphatic heterocycles. The third-order valence-electron chi connectivity index (χ3n) is 1.97. The summed E-state index contributed by atoms with van der Waals surface area (Å²) in [5.41, 5.74) is 1.05. The van der Waals surface area contributed by atoms with Crippen molar-refractivity contribution in [2.75, 3.05) is 13.6 Å². The van der Waals surface area contributed by atoms with Crippen LogP contribution in [0.25, 0.3) is 0 Å². The molecule has 0 aliphatic rings. The van der Waals surface area contributed by atoms with Crippen molar-refractivity contribution in [2.45, 2.75) is 6.54 Å². The van der Waals surface area contributed by atoms with Crippen LogP contribution in [0.4, 0.5) is 4.39 Å². The molecule has 0 aliphatic carbocycles. The Hall–Kier alpha value is -1.91. The largest absolute Gasteiger partial charge is 0.289 e. The quantitative estimate of drug-likeness (QED) is 0.702. The van der Waals surface area contributed by atoms with E-state index in [0.717, 1.165) is 0 Å². The predicted octanol–water partition coefficient (Wildman–Crippen LogP) is 1.65. The minimum Gasteiger partial charge on any atom is -0.289 e. The van der Waals surface area contributed by atoms with Crippen LogP contribution in [-0.4, -0.2) is 18.5 Å². The highest BCUT2D eigenvalue weighted by Crippen LogP contribution is 2.12. The average Bonchev–Trinajstić information content (AvgIpc) is 2.18. The molecule has 76 valence electrons. The van der Waals surface area contributed by atoms with Crippen LogP contribution in [0.1, 0.15) is 11.1 Å². The fourth-order valence-corrected chi connectivity index (χ4v) is 1.27. The summed E-state index contributed by atoms with van der Waals surface area (Å²) in [6.07, 6.45) is 0. The maximum Gasteiger partial charge on any atom is 0.123 e. The van der Waals surface area contributed by atoms with E-state index >= 15 is 0 Å². The number of hydrogen-bond donors (Lipinski definition) is 0. The molecule has 0 unspecified atom stereocenters. The van der Waals surface area contributed by atoms with Gasteiger partial charge in [0.05, 0.1) is 24.2 Å². The lowest BCUT2D eigenvalue weighted by Crippen LogP contribution is -2.18. The van der Waals surface area contributed by atoms with E-state index in [1.165, 1.54) is 18.2 Å². The normalized spacial score (nSPS) is 9.67. The van der Waals surface area contributed by atoms with Crippen LogP contribution in [0.5, 0.6) is 0 Å². The summed E-state index contributed by atoms with van der Waals surface area (Å²) in [7, 11) is 1.75. The average molecular weight is 203 g/mol. The lowest BCUT2D eigenvalue weighted by Gasteiger charge is -2.13. The van der Waals surface area contributed by atoms with E-state index in [1.54, 1.807) is 11.9 Å². The van der Waals surface area contributed by atoms with E-state index in [9.17, 15) is 4.39 Å². The van der Waals surface area contributed by atoms with Crippen LogP contribution in [-0.2, 0) is 6.54 Å². The van der Waals surface area contributed by atoms with Gasteiger partial charge in [-0.25, -0.2) is 4.39 Å². The Morgan fingerprint density at radius 2 is 2.13 bits per heavy atom. The van der Waals surface area contributed by atoms with Crippen LogP contribution in [0.15, 0.2) is 18.2 Å². The lowest BCUT2D eigenvalue weighted by molar-refractivity contribution is 0.366. The first-order valence-corrected chi connectivity index (χ1v) is 4.41. The monoisotopic (exact) mass is 203 g/mol. The molecule has 0 bridgehead atoms. The van der Waals surface area contributed by atoms with Gasteiger partial charge in [-0.1, -0.05) is 0 Å². The Kier molecular flexibility index (Phi) is 3.79. The van der Waals surface area contributed by atoms with Gasteiger partial charge in [0, 0.05) is 6.54 Å². The van der Waals surface area contributed by atoms with Gasteiger partial charge in [-0.2, -0.15) is 10.5 Å². The van der Waals surface area contributed by atoms with Gasteiger partial charge in [0.2, 0.25) is 0 Å².